The Kier molecular flexibility index (Phi) is 6.22. The molecule has 0 aliphatic rings. The molecule has 1 aromatic rings. The highest BCUT2D eigenvalue weighted by atomic mass is 16.4. The van der Waals surface area contributed by atoms with Crippen LogP contribution in [0.15, 0.2) is 18.2 Å². The fourth-order valence-electron chi connectivity index (χ4n) is 1.81. The second kappa shape index (κ2) is 7.71. The summed E-state index contributed by atoms with van der Waals surface area (Å²) in [6.45, 7) is 3.04. The van der Waals surface area contributed by atoms with Crippen LogP contribution in [0.3, 0.4) is 0 Å². The number of aryl methyl sites for hydroxylation is 1. The van der Waals surface area contributed by atoms with Gasteiger partial charge in [0.25, 0.3) is 0 Å². The van der Waals surface area contributed by atoms with Crippen molar-refractivity contribution in [3.8, 4) is 0 Å². The molecule has 0 aromatic heterocycles. The van der Waals surface area contributed by atoms with Crippen LogP contribution >= 0.6 is 0 Å². The zero-order chi connectivity index (χ0) is 13.4. The van der Waals surface area contributed by atoms with Gasteiger partial charge in [-0.1, -0.05) is 12.8 Å². The number of aliphatic hydroxyl groups is 1. The smallest absolute Gasteiger partial charge is 0.335 e. The Bertz CT molecular complexity index is 391. The van der Waals surface area contributed by atoms with Gasteiger partial charge in [0.1, 0.15) is 0 Å². The number of hydrogen-bond acceptors (Lipinski definition) is 3. The highest BCUT2D eigenvalue weighted by Crippen LogP contribution is 2.16. The van der Waals surface area contributed by atoms with E-state index < -0.39 is 5.97 Å². The van der Waals surface area contributed by atoms with Gasteiger partial charge < -0.3 is 15.5 Å². The van der Waals surface area contributed by atoms with Crippen molar-refractivity contribution in [2.24, 2.45) is 0 Å². The Morgan fingerprint density at radius 3 is 2.56 bits per heavy atom. The zero-order valence-electron chi connectivity index (χ0n) is 10.8. The number of unbranched alkanes of at least 4 members (excludes halogenated alkanes) is 3. The van der Waals surface area contributed by atoms with Crippen molar-refractivity contribution in [2.45, 2.75) is 32.6 Å². The SMILES string of the molecule is Cc1cc(C(=O)O)ccc1NCCCCCCO. The van der Waals surface area contributed by atoms with E-state index >= 15 is 0 Å². The molecule has 100 valence electrons. The van der Waals surface area contributed by atoms with Gasteiger partial charge in [-0.3, -0.25) is 0 Å². The lowest BCUT2D eigenvalue weighted by molar-refractivity contribution is 0.0697. The van der Waals surface area contributed by atoms with Crippen molar-refractivity contribution in [3.63, 3.8) is 0 Å². The van der Waals surface area contributed by atoms with E-state index in [1.165, 1.54) is 0 Å². The Balaban J connectivity index is 2.36. The van der Waals surface area contributed by atoms with E-state index in [4.69, 9.17) is 10.2 Å². The molecule has 0 heterocycles. The quantitative estimate of drug-likeness (QED) is 0.621. The molecule has 0 fully saturated rings. The summed E-state index contributed by atoms with van der Waals surface area (Å²) in [5.74, 6) is -0.895. The molecule has 3 N–H and O–H groups in total. The summed E-state index contributed by atoms with van der Waals surface area (Å²) in [6.07, 6.45) is 4.07. The number of nitrogens with one attached hydrogen (secondary N) is 1. The Morgan fingerprint density at radius 2 is 1.94 bits per heavy atom. The fraction of sp³-hybridized carbons (Fsp3) is 0.500. The maximum atomic E-state index is 10.8. The molecule has 0 unspecified atom stereocenters. The van der Waals surface area contributed by atoms with Crippen molar-refractivity contribution in [3.05, 3.63) is 29.3 Å². The molecule has 18 heavy (non-hydrogen) atoms. The van der Waals surface area contributed by atoms with E-state index in [0.29, 0.717) is 5.56 Å². The number of rotatable bonds is 8. The number of aliphatic hydroxyl groups excluding tert-OH is 1. The number of carboxylic acid groups (broad SMARTS) is 1. The predicted octanol–water partition coefficient (Wildman–Crippen LogP) is 2.66. The minimum absolute atomic E-state index is 0.267. The zero-order valence-corrected chi connectivity index (χ0v) is 10.8. The van der Waals surface area contributed by atoms with Gasteiger partial charge in [-0.15, -0.1) is 0 Å². The van der Waals surface area contributed by atoms with Gasteiger partial charge in [0.15, 0.2) is 0 Å². The van der Waals surface area contributed by atoms with Crippen LogP contribution in [0.25, 0.3) is 0 Å². The second-order valence-electron chi connectivity index (χ2n) is 4.40. The third-order valence-corrected chi connectivity index (χ3v) is 2.87. The Labute approximate surface area is 108 Å². The highest BCUT2D eigenvalue weighted by Gasteiger charge is 2.04. The van der Waals surface area contributed by atoms with Gasteiger partial charge >= 0.3 is 5.97 Å². The van der Waals surface area contributed by atoms with Crippen molar-refractivity contribution in [1.29, 1.82) is 0 Å². The monoisotopic (exact) mass is 251 g/mol. The molecule has 0 spiro atoms. The van der Waals surface area contributed by atoms with Gasteiger partial charge in [-0.25, -0.2) is 4.79 Å². The molecule has 1 rings (SSSR count). The summed E-state index contributed by atoms with van der Waals surface area (Å²) in [6, 6.07) is 5.10. The summed E-state index contributed by atoms with van der Waals surface area (Å²) >= 11 is 0. The number of carboxylic acids is 1. The van der Waals surface area contributed by atoms with Crippen LogP contribution in [-0.4, -0.2) is 29.3 Å². The van der Waals surface area contributed by atoms with E-state index in [1.807, 2.05) is 13.0 Å². The molecular weight excluding hydrogens is 230 g/mol. The molecule has 0 saturated heterocycles. The first-order chi connectivity index (χ1) is 8.65. The normalized spacial score (nSPS) is 10.3. The number of hydrogen-bond donors (Lipinski definition) is 3. The van der Waals surface area contributed by atoms with Crippen LogP contribution in [0.1, 0.15) is 41.6 Å². The lowest BCUT2D eigenvalue weighted by Crippen LogP contribution is -2.04. The van der Waals surface area contributed by atoms with Gasteiger partial charge in [0.2, 0.25) is 0 Å². The molecule has 0 bridgehead atoms. The average molecular weight is 251 g/mol. The number of carbonyl (C=O) groups is 1. The first-order valence-electron chi connectivity index (χ1n) is 6.34. The average Bonchev–Trinajstić information content (AvgIpc) is 2.35. The van der Waals surface area contributed by atoms with Crippen LogP contribution in [0.2, 0.25) is 0 Å². The molecular formula is C14H21NO3. The summed E-state index contributed by atoms with van der Waals surface area (Å²) < 4.78 is 0. The highest BCUT2D eigenvalue weighted by molar-refractivity contribution is 5.88. The van der Waals surface area contributed by atoms with Gasteiger partial charge in [-0.05, 0) is 43.5 Å². The van der Waals surface area contributed by atoms with Crippen LogP contribution < -0.4 is 5.32 Å². The maximum absolute atomic E-state index is 10.8. The van der Waals surface area contributed by atoms with Crippen LogP contribution in [-0.2, 0) is 0 Å². The topological polar surface area (TPSA) is 69.6 Å². The fourth-order valence-corrected chi connectivity index (χ4v) is 1.81. The van der Waals surface area contributed by atoms with E-state index in [0.717, 1.165) is 43.5 Å². The van der Waals surface area contributed by atoms with Crippen molar-refractivity contribution >= 4 is 11.7 Å². The summed E-state index contributed by atoms with van der Waals surface area (Å²) in [4.78, 5) is 10.8. The molecule has 0 atom stereocenters. The Hall–Kier alpha value is -1.55. The summed E-state index contributed by atoms with van der Waals surface area (Å²) in [5.41, 5.74) is 2.26. The molecule has 0 aliphatic carbocycles. The first kappa shape index (κ1) is 14.5. The van der Waals surface area contributed by atoms with Gasteiger partial charge in [0.05, 0.1) is 5.56 Å². The Morgan fingerprint density at radius 1 is 1.22 bits per heavy atom. The van der Waals surface area contributed by atoms with Crippen LogP contribution in [0, 0.1) is 6.92 Å². The van der Waals surface area contributed by atoms with Crippen LogP contribution in [0.4, 0.5) is 5.69 Å². The van der Waals surface area contributed by atoms with Crippen molar-refractivity contribution in [2.75, 3.05) is 18.5 Å². The third kappa shape index (κ3) is 4.75. The molecule has 0 aliphatic heterocycles. The number of aromatic carboxylic acids is 1. The molecule has 0 amide bonds. The summed E-state index contributed by atoms with van der Waals surface area (Å²) in [7, 11) is 0. The third-order valence-electron chi connectivity index (χ3n) is 2.87. The van der Waals surface area contributed by atoms with E-state index in [1.54, 1.807) is 12.1 Å². The largest absolute Gasteiger partial charge is 0.478 e. The van der Waals surface area contributed by atoms with Crippen molar-refractivity contribution < 1.29 is 15.0 Å². The van der Waals surface area contributed by atoms with Crippen LogP contribution in [0.5, 0.6) is 0 Å². The van der Waals surface area contributed by atoms with Gasteiger partial charge in [-0.2, -0.15) is 0 Å². The minimum atomic E-state index is -0.895. The van der Waals surface area contributed by atoms with E-state index in [-0.39, 0.29) is 6.61 Å². The lowest BCUT2D eigenvalue weighted by Gasteiger charge is -2.10. The summed E-state index contributed by atoms with van der Waals surface area (Å²) in [5, 5.41) is 20.8. The molecule has 1 aromatic carbocycles. The molecule has 0 saturated carbocycles. The number of anilines is 1. The predicted molar refractivity (Wildman–Crippen MR) is 72.2 cm³/mol. The van der Waals surface area contributed by atoms with E-state index in [9.17, 15) is 4.79 Å². The molecule has 4 nitrogen and oxygen atoms in total. The number of benzene rings is 1. The minimum Gasteiger partial charge on any atom is -0.478 e. The first-order valence-corrected chi connectivity index (χ1v) is 6.34. The lowest BCUT2D eigenvalue weighted by atomic mass is 10.1. The molecule has 0 radical (unpaired) electrons. The second-order valence-corrected chi connectivity index (χ2v) is 4.40. The molecule has 4 heteroatoms. The van der Waals surface area contributed by atoms with E-state index in [2.05, 4.69) is 5.32 Å². The van der Waals surface area contributed by atoms with Gasteiger partial charge in [0, 0.05) is 18.8 Å². The standard InChI is InChI=1S/C14H21NO3/c1-11-10-12(14(17)18)6-7-13(11)15-8-4-2-3-5-9-16/h6-7,10,15-16H,2-5,8-9H2,1H3,(H,17,18). The van der Waals surface area contributed by atoms with Crippen molar-refractivity contribution in [1.82, 2.24) is 0 Å². The maximum Gasteiger partial charge on any atom is 0.335 e.